The number of ketones is 1. The number of thiophene rings is 1. The molecule has 92 valence electrons. The summed E-state index contributed by atoms with van der Waals surface area (Å²) < 4.78 is 0. The highest BCUT2D eigenvalue weighted by Gasteiger charge is 2.23. The van der Waals surface area contributed by atoms with Gasteiger partial charge in [-0.05, 0) is 46.7 Å². The van der Waals surface area contributed by atoms with Gasteiger partial charge in [0, 0.05) is 12.0 Å². The van der Waals surface area contributed by atoms with Gasteiger partial charge in [-0.2, -0.15) is 11.3 Å². The van der Waals surface area contributed by atoms with E-state index in [9.17, 15) is 4.79 Å². The third-order valence-electron chi connectivity index (χ3n) is 3.75. The summed E-state index contributed by atoms with van der Waals surface area (Å²) in [4.78, 5) is 12.4. The van der Waals surface area contributed by atoms with Gasteiger partial charge in [0.2, 0.25) is 0 Å². The van der Waals surface area contributed by atoms with Crippen LogP contribution in [-0.2, 0) is 6.42 Å². The Morgan fingerprint density at radius 1 is 1.22 bits per heavy atom. The highest BCUT2D eigenvalue weighted by molar-refractivity contribution is 7.08. The van der Waals surface area contributed by atoms with E-state index in [2.05, 4.69) is 17.5 Å². The summed E-state index contributed by atoms with van der Waals surface area (Å²) in [5, 5.41) is 4.09. The first-order chi connectivity index (χ1) is 8.84. The Labute approximate surface area is 111 Å². The van der Waals surface area contributed by atoms with Gasteiger partial charge < -0.3 is 0 Å². The molecule has 0 atom stereocenters. The summed E-state index contributed by atoms with van der Waals surface area (Å²) in [6.45, 7) is 0. The van der Waals surface area contributed by atoms with E-state index in [1.807, 2.05) is 23.6 Å². The molecule has 1 aromatic heterocycles. The zero-order valence-corrected chi connectivity index (χ0v) is 11.1. The average Bonchev–Trinajstić information content (AvgIpc) is 2.80. The monoisotopic (exact) mass is 256 g/mol. The van der Waals surface area contributed by atoms with Crippen LogP contribution < -0.4 is 0 Å². The van der Waals surface area contributed by atoms with Crippen molar-refractivity contribution in [2.45, 2.75) is 31.6 Å². The van der Waals surface area contributed by atoms with Crippen molar-refractivity contribution in [3.8, 4) is 0 Å². The topological polar surface area (TPSA) is 17.1 Å². The fraction of sp³-hybridized carbons (Fsp3) is 0.312. The molecule has 1 saturated carbocycles. The second-order valence-corrected chi connectivity index (χ2v) is 5.73. The Hall–Kier alpha value is -1.41. The maximum Gasteiger partial charge on any atom is 0.167 e. The molecule has 18 heavy (non-hydrogen) atoms. The van der Waals surface area contributed by atoms with Gasteiger partial charge in [0.05, 0.1) is 0 Å². The minimum atomic E-state index is 0.260. The molecular formula is C16H16OS. The van der Waals surface area contributed by atoms with Crippen LogP contribution in [0.2, 0.25) is 0 Å². The van der Waals surface area contributed by atoms with E-state index in [0.29, 0.717) is 12.3 Å². The van der Waals surface area contributed by atoms with Crippen LogP contribution in [0.3, 0.4) is 0 Å². The normalized spacial score (nSPS) is 15.3. The molecule has 0 aliphatic heterocycles. The third-order valence-corrected chi connectivity index (χ3v) is 4.48. The van der Waals surface area contributed by atoms with E-state index in [1.54, 1.807) is 11.3 Å². The number of carbonyl (C=O) groups excluding carboxylic acids is 1. The number of benzene rings is 1. The van der Waals surface area contributed by atoms with E-state index < -0.39 is 0 Å². The Morgan fingerprint density at radius 2 is 2.06 bits per heavy atom. The second-order valence-electron chi connectivity index (χ2n) is 4.95. The van der Waals surface area contributed by atoms with Crippen LogP contribution in [0.1, 0.15) is 46.7 Å². The van der Waals surface area contributed by atoms with E-state index in [0.717, 1.165) is 11.1 Å². The van der Waals surface area contributed by atoms with Gasteiger partial charge >= 0.3 is 0 Å². The first-order valence-corrected chi connectivity index (χ1v) is 7.42. The Bertz CT molecular complexity index is 538. The number of hydrogen-bond donors (Lipinski definition) is 0. The van der Waals surface area contributed by atoms with Crippen LogP contribution in [0, 0.1) is 0 Å². The molecule has 1 aliphatic rings. The summed E-state index contributed by atoms with van der Waals surface area (Å²) in [5.41, 5.74) is 3.34. The van der Waals surface area contributed by atoms with E-state index in [4.69, 9.17) is 0 Å². The maximum atomic E-state index is 12.4. The van der Waals surface area contributed by atoms with Crippen molar-refractivity contribution in [2.75, 3.05) is 0 Å². The van der Waals surface area contributed by atoms with Crippen LogP contribution in [0.15, 0.2) is 41.1 Å². The number of hydrogen-bond acceptors (Lipinski definition) is 2. The van der Waals surface area contributed by atoms with Crippen LogP contribution in [0.25, 0.3) is 0 Å². The lowest BCUT2D eigenvalue weighted by atomic mass is 9.77. The molecule has 1 aliphatic carbocycles. The van der Waals surface area contributed by atoms with Gasteiger partial charge in [0.1, 0.15) is 0 Å². The quantitative estimate of drug-likeness (QED) is 0.739. The minimum Gasteiger partial charge on any atom is -0.294 e. The molecule has 0 radical (unpaired) electrons. The molecule has 0 unspecified atom stereocenters. The first kappa shape index (κ1) is 11.7. The molecule has 1 nitrogen and oxygen atoms in total. The Kier molecular flexibility index (Phi) is 3.28. The fourth-order valence-electron chi connectivity index (χ4n) is 2.50. The summed E-state index contributed by atoms with van der Waals surface area (Å²) in [7, 11) is 0. The van der Waals surface area contributed by atoms with Crippen LogP contribution in [0.5, 0.6) is 0 Å². The van der Waals surface area contributed by atoms with Crippen molar-refractivity contribution in [3.05, 3.63) is 57.8 Å². The van der Waals surface area contributed by atoms with Gasteiger partial charge in [-0.1, -0.05) is 30.7 Å². The van der Waals surface area contributed by atoms with Crippen molar-refractivity contribution in [3.63, 3.8) is 0 Å². The number of rotatable bonds is 4. The highest BCUT2D eigenvalue weighted by atomic mass is 32.1. The van der Waals surface area contributed by atoms with Gasteiger partial charge in [-0.25, -0.2) is 0 Å². The predicted molar refractivity (Wildman–Crippen MR) is 75.4 cm³/mol. The second kappa shape index (κ2) is 5.07. The lowest BCUT2D eigenvalue weighted by molar-refractivity contribution is 0.0991. The van der Waals surface area contributed by atoms with Gasteiger partial charge in [0.25, 0.3) is 0 Å². The van der Waals surface area contributed by atoms with Gasteiger partial charge in [-0.3, -0.25) is 4.79 Å². The van der Waals surface area contributed by atoms with Crippen LogP contribution >= 0.6 is 11.3 Å². The Balaban J connectivity index is 1.84. The lowest BCUT2D eigenvalue weighted by Crippen LogP contribution is -2.14. The van der Waals surface area contributed by atoms with Crippen LogP contribution in [-0.4, -0.2) is 5.78 Å². The van der Waals surface area contributed by atoms with Crippen molar-refractivity contribution in [1.29, 1.82) is 0 Å². The molecule has 1 heterocycles. The minimum absolute atomic E-state index is 0.260. The molecule has 0 N–H and O–H groups in total. The summed E-state index contributed by atoms with van der Waals surface area (Å²) in [5.74, 6) is 0.878. The van der Waals surface area contributed by atoms with Gasteiger partial charge in [0.15, 0.2) is 5.78 Å². The number of Topliss-reactive ketones (excluding diaryl/α,β-unsaturated/α-hetero) is 1. The molecule has 1 fully saturated rings. The highest BCUT2D eigenvalue weighted by Crippen LogP contribution is 2.38. The molecule has 0 saturated heterocycles. The zero-order chi connectivity index (χ0) is 12.4. The summed E-state index contributed by atoms with van der Waals surface area (Å²) >= 11 is 1.65. The van der Waals surface area contributed by atoms with Crippen molar-refractivity contribution in [1.82, 2.24) is 0 Å². The summed E-state index contributed by atoms with van der Waals surface area (Å²) in [6.07, 6.45) is 4.32. The first-order valence-electron chi connectivity index (χ1n) is 6.48. The summed E-state index contributed by atoms with van der Waals surface area (Å²) in [6, 6.07) is 10.2. The molecule has 0 spiro atoms. The predicted octanol–water partition coefficient (Wildman–Crippen LogP) is 4.44. The van der Waals surface area contributed by atoms with E-state index in [-0.39, 0.29) is 5.78 Å². The molecule has 0 bridgehead atoms. The molecule has 0 amide bonds. The molecule has 3 rings (SSSR count). The standard InChI is InChI=1S/C16H16OS/c17-16(10-12-8-9-18-11-12)15-7-2-1-6-14(15)13-4-3-5-13/h1-2,6-9,11,13H,3-5,10H2. The fourth-order valence-corrected chi connectivity index (χ4v) is 3.17. The van der Waals surface area contributed by atoms with E-state index in [1.165, 1.54) is 24.8 Å². The maximum absolute atomic E-state index is 12.4. The average molecular weight is 256 g/mol. The smallest absolute Gasteiger partial charge is 0.167 e. The molecular weight excluding hydrogens is 240 g/mol. The molecule has 1 aromatic carbocycles. The molecule has 2 heteroatoms. The van der Waals surface area contributed by atoms with Gasteiger partial charge in [-0.15, -0.1) is 0 Å². The largest absolute Gasteiger partial charge is 0.294 e. The van der Waals surface area contributed by atoms with Crippen molar-refractivity contribution < 1.29 is 4.79 Å². The van der Waals surface area contributed by atoms with Crippen LogP contribution in [0.4, 0.5) is 0 Å². The zero-order valence-electron chi connectivity index (χ0n) is 10.3. The van der Waals surface area contributed by atoms with Crippen molar-refractivity contribution in [2.24, 2.45) is 0 Å². The van der Waals surface area contributed by atoms with E-state index >= 15 is 0 Å². The SMILES string of the molecule is O=C(Cc1ccsc1)c1ccccc1C1CCC1. The number of carbonyl (C=O) groups is 1. The van der Waals surface area contributed by atoms with Crippen molar-refractivity contribution >= 4 is 17.1 Å². The Morgan fingerprint density at radius 3 is 2.72 bits per heavy atom. The third kappa shape index (κ3) is 2.25. The molecule has 2 aromatic rings. The lowest BCUT2D eigenvalue weighted by Gasteiger charge is -2.27.